The Hall–Kier alpha value is -2.74. The van der Waals surface area contributed by atoms with Crippen molar-refractivity contribution in [3.8, 4) is 0 Å². The Bertz CT molecular complexity index is 828. The minimum atomic E-state index is -0.792. The van der Waals surface area contributed by atoms with E-state index in [-0.39, 0.29) is 23.2 Å². The summed E-state index contributed by atoms with van der Waals surface area (Å²) in [7, 11) is 0. The van der Waals surface area contributed by atoms with Gasteiger partial charge >= 0.3 is 11.9 Å². The molecule has 0 aromatic heterocycles. The summed E-state index contributed by atoms with van der Waals surface area (Å²) >= 11 is 3.07. The molecule has 0 bridgehead atoms. The molecule has 142 valence electrons. The summed E-state index contributed by atoms with van der Waals surface area (Å²) in [6.07, 6.45) is 0. The summed E-state index contributed by atoms with van der Waals surface area (Å²) in [5.41, 5.74) is 0.551. The van der Waals surface area contributed by atoms with E-state index in [2.05, 4.69) is 15.9 Å². The first-order valence-corrected chi connectivity index (χ1v) is 8.85. The first-order chi connectivity index (χ1) is 12.9. The van der Waals surface area contributed by atoms with E-state index in [4.69, 9.17) is 9.47 Å². The summed E-state index contributed by atoms with van der Waals surface area (Å²) in [6, 6.07) is 12.0. The molecule has 0 unspecified atom stereocenters. The van der Waals surface area contributed by atoms with Crippen molar-refractivity contribution in [3.05, 3.63) is 64.4 Å². The van der Waals surface area contributed by atoms with Gasteiger partial charge in [0.2, 0.25) is 0 Å². The fraction of sp³-hybridized carbons (Fsp3) is 0.211. The van der Waals surface area contributed by atoms with Crippen LogP contribution in [-0.4, -0.2) is 37.6 Å². The zero-order chi connectivity index (χ0) is 19.8. The van der Waals surface area contributed by atoms with E-state index in [1.807, 2.05) is 0 Å². The van der Waals surface area contributed by atoms with Crippen LogP contribution in [0.1, 0.15) is 17.3 Å². The third kappa shape index (κ3) is 5.89. The third-order valence-electron chi connectivity index (χ3n) is 3.44. The number of nitrogens with zero attached hydrogens (tertiary/aromatic N) is 1. The molecular weight excluding hydrogens is 421 g/mol. The van der Waals surface area contributed by atoms with E-state index in [0.717, 1.165) is 12.1 Å². The molecule has 2 aromatic carbocycles. The first-order valence-electron chi connectivity index (χ1n) is 8.05. The van der Waals surface area contributed by atoms with Crippen LogP contribution in [-0.2, 0) is 19.1 Å². The van der Waals surface area contributed by atoms with Gasteiger partial charge in [-0.05, 0) is 53.2 Å². The highest BCUT2D eigenvalue weighted by Crippen LogP contribution is 2.19. The van der Waals surface area contributed by atoms with Crippen LogP contribution in [0.4, 0.5) is 10.1 Å². The van der Waals surface area contributed by atoms with Gasteiger partial charge in [-0.1, -0.05) is 18.2 Å². The monoisotopic (exact) mass is 437 g/mol. The second kappa shape index (κ2) is 9.82. The number of para-hydroxylation sites is 1. The molecule has 8 heteroatoms. The number of hydrogen-bond donors (Lipinski definition) is 0. The Morgan fingerprint density at radius 1 is 1.07 bits per heavy atom. The smallest absolute Gasteiger partial charge is 0.339 e. The van der Waals surface area contributed by atoms with Gasteiger partial charge in [-0.2, -0.15) is 0 Å². The molecule has 0 radical (unpaired) electrons. The van der Waals surface area contributed by atoms with E-state index < -0.39 is 30.3 Å². The molecule has 0 saturated heterocycles. The molecule has 1 amide bonds. The molecular formula is C19H17BrFNO5. The topological polar surface area (TPSA) is 72.9 Å². The van der Waals surface area contributed by atoms with Crippen molar-refractivity contribution in [1.82, 2.24) is 0 Å². The average Bonchev–Trinajstić information content (AvgIpc) is 2.65. The van der Waals surface area contributed by atoms with Crippen molar-refractivity contribution in [2.75, 3.05) is 24.7 Å². The third-order valence-corrected chi connectivity index (χ3v) is 4.10. The van der Waals surface area contributed by atoms with Crippen LogP contribution in [0.15, 0.2) is 53.0 Å². The number of esters is 2. The molecule has 0 spiro atoms. The van der Waals surface area contributed by atoms with Crippen LogP contribution in [0.25, 0.3) is 0 Å². The highest BCUT2D eigenvalue weighted by Gasteiger charge is 2.22. The molecule has 0 aliphatic heterocycles. The van der Waals surface area contributed by atoms with Gasteiger partial charge in [0.05, 0.1) is 12.2 Å². The van der Waals surface area contributed by atoms with Gasteiger partial charge in [-0.25, -0.2) is 9.18 Å². The van der Waals surface area contributed by atoms with Crippen molar-refractivity contribution in [1.29, 1.82) is 0 Å². The number of ether oxygens (including phenoxy) is 2. The minimum Gasteiger partial charge on any atom is -0.465 e. The van der Waals surface area contributed by atoms with Gasteiger partial charge < -0.3 is 9.47 Å². The van der Waals surface area contributed by atoms with Gasteiger partial charge in [-0.3, -0.25) is 14.5 Å². The Morgan fingerprint density at radius 2 is 1.78 bits per heavy atom. The van der Waals surface area contributed by atoms with Crippen LogP contribution >= 0.6 is 15.9 Å². The van der Waals surface area contributed by atoms with Gasteiger partial charge in [0, 0.05) is 10.2 Å². The number of benzene rings is 2. The predicted octanol–water partition coefficient (Wildman–Crippen LogP) is 3.34. The van der Waals surface area contributed by atoms with Crippen LogP contribution in [0.5, 0.6) is 0 Å². The van der Waals surface area contributed by atoms with Crippen molar-refractivity contribution >= 4 is 39.5 Å². The van der Waals surface area contributed by atoms with E-state index >= 15 is 0 Å². The molecule has 0 fully saturated rings. The SMILES string of the molecule is CCOC(=O)CN(C(=O)COC(=O)c1ccc(F)cc1Br)c1ccccc1. The fourth-order valence-corrected chi connectivity index (χ4v) is 2.72. The Kier molecular flexibility index (Phi) is 7.48. The van der Waals surface area contributed by atoms with Crippen LogP contribution < -0.4 is 4.90 Å². The fourth-order valence-electron chi connectivity index (χ4n) is 2.21. The molecule has 6 nitrogen and oxygen atoms in total. The maximum Gasteiger partial charge on any atom is 0.339 e. The summed E-state index contributed by atoms with van der Waals surface area (Å²) in [6.45, 7) is 0.948. The number of anilines is 1. The van der Waals surface area contributed by atoms with Crippen LogP contribution in [0.3, 0.4) is 0 Å². The quantitative estimate of drug-likeness (QED) is 0.621. The molecule has 27 heavy (non-hydrogen) atoms. The summed E-state index contributed by atoms with van der Waals surface area (Å²) in [4.78, 5) is 37.6. The van der Waals surface area contributed by atoms with E-state index in [1.54, 1.807) is 37.3 Å². The lowest BCUT2D eigenvalue weighted by Gasteiger charge is -2.21. The number of carbonyl (C=O) groups is 3. The van der Waals surface area contributed by atoms with Crippen molar-refractivity contribution in [2.24, 2.45) is 0 Å². The number of carbonyl (C=O) groups excluding carboxylic acids is 3. The largest absolute Gasteiger partial charge is 0.465 e. The standard InChI is InChI=1S/C19H17BrFNO5/c1-2-26-18(24)11-22(14-6-4-3-5-7-14)17(23)12-27-19(25)15-9-8-13(21)10-16(15)20/h3-10H,2,11-12H2,1H3. The Morgan fingerprint density at radius 3 is 2.41 bits per heavy atom. The van der Waals surface area contributed by atoms with E-state index in [9.17, 15) is 18.8 Å². The van der Waals surface area contributed by atoms with Gasteiger partial charge in [0.15, 0.2) is 6.61 Å². The van der Waals surface area contributed by atoms with Crippen LogP contribution in [0, 0.1) is 5.82 Å². The predicted molar refractivity (Wildman–Crippen MR) is 99.8 cm³/mol. The maximum atomic E-state index is 13.1. The first kappa shape index (κ1) is 20.6. The molecule has 0 aliphatic carbocycles. The summed E-state index contributed by atoms with van der Waals surface area (Å²) < 4.78 is 23.2. The molecule has 2 aromatic rings. The molecule has 0 aliphatic rings. The Balaban J connectivity index is 2.08. The zero-order valence-electron chi connectivity index (χ0n) is 14.5. The number of rotatable bonds is 7. The summed E-state index contributed by atoms with van der Waals surface area (Å²) in [5.74, 6) is -2.48. The van der Waals surface area contributed by atoms with E-state index in [1.165, 1.54) is 11.0 Å². The molecule has 2 rings (SSSR count). The lowest BCUT2D eigenvalue weighted by atomic mass is 10.2. The van der Waals surface area contributed by atoms with Crippen molar-refractivity contribution in [3.63, 3.8) is 0 Å². The lowest BCUT2D eigenvalue weighted by Crippen LogP contribution is -2.39. The number of halogens is 2. The molecule has 0 heterocycles. The number of amides is 1. The van der Waals surface area contributed by atoms with E-state index in [0.29, 0.717) is 5.69 Å². The lowest BCUT2D eigenvalue weighted by molar-refractivity contribution is -0.142. The molecule has 0 N–H and O–H groups in total. The summed E-state index contributed by atoms with van der Waals surface area (Å²) in [5, 5.41) is 0. The normalized spacial score (nSPS) is 10.2. The second-order valence-electron chi connectivity index (χ2n) is 5.32. The van der Waals surface area contributed by atoms with Crippen molar-refractivity contribution in [2.45, 2.75) is 6.92 Å². The minimum absolute atomic E-state index is 0.0841. The zero-order valence-corrected chi connectivity index (χ0v) is 16.1. The maximum absolute atomic E-state index is 13.1. The number of hydrogen-bond acceptors (Lipinski definition) is 5. The molecule has 0 saturated carbocycles. The molecule has 0 atom stereocenters. The Labute approximate surface area is 164 Å². The van der Waals surface area contributed by atoms with Gasteiger partial charge in [0.1, 0.15) is 12.4 Å². The highest BCUT2D eigenvalue weighted by atomic mass is 79.9. The highest BCUT2D eigenvalue weighted by molar-refractivity contribution is 9.10. The average molecular weight is 438 g/mol. The second-order valence-corrected chi connectivity index (χ2v) is 6.18. The van der Waals surface area contributed by atoms with Gasteiger partial charge in [0.25, 0.3) is 5.91 Å². The van der Waals surface area contributed by atoms with Crippen molar-refractivity contribution < 1.29 is 28.2 Å². The van der Waals surface area contributed by atoms with Gasteiger partial charge in [-0.15, -0.1) is 0 Å². The van der Waals surface area contributed by atoms with Crippen LogP contribution in [0.2, 0.25) is 0 Å².